The summed E-state index contributed by atoms with van der Waals surface area (Å²) in [4.78, 5) is 32.5. The number of likely N-dealkylation sites (tertiary alicyclic amines) is 1. The van der Waals surface area contributed by atoms with Gasteiger partial charge < -0.3 is 4.57 Å². The molecule has 154 valence electrons. The monoisotopic (exact) mass is 415 g/mol. The Morgan fingerprint density at radius 3 is 2.34 bits per heavy atom. The Morgan fingerprint density at radius 2 is 1.69 bits per heavy atom. The van der Waals surface area contributed by atoms with Crippen LogP contribution < -0.4 is 11.2 Å². The number of rotatable bonds is 4. The number of hydrogen-bond acceptors (Lipinski definition) is 4. The predicted molar refractivity (Wildman–Crippen MR) is 114 cm³/mol. The summed E-state index contributed by atoms with van der Waals surface area (Å²) in [6.07, 6.45) is 2.33. The average molecular weight is 416 g/mol. The number of fused-ring (bicyclic) bond motifs is 1. The third-order valence-electron chi connectivity index (χ3n) is 5.92. The molecule has 3 heterocycles. The Balaban J connectivity index is 1.83. The molecule has 8 heteroatoms. The van der Waals surface area contributed by atoms with Crippen molar-refractivity contribution in [2.75, 3.05) is 13.1 Å². The zero-order valence-electron chi connectivity index (χ0n) is 17.1. The van der Waals surface area contributed by atoms with Crippen LogP contribution >= 0.6 is 11.6 Å². The highest BCUT2D eigenvalue weighted by Gasteiger charge is 2.22. The van der Waals surface area contributed by atoms with Crippen LogP contribution in [0.2, 0.25) is 5.02 Å². The summed E-state index contributed by atoms with van der Waals surface area (Å²) in [5, 5.41) is 0.671. The molecule has 0 atom stereocenters. The third kappa shape index (κ3) is 3.76. The molecule has 3 aromatic rings. The zero-order valence-corrected chi connectivity index (χ0v) is 17.8. The van der Waals surface area contributed by atoms with E-state index in [1.165, 1.54) is 11.6 Å². The Kier molecular flexibility index (Phi) is 5.36. The van der Waals surface area contributed by atoms with Crippen molar-refractivity contribution in [1.29, 1.82) is 0 Å². The molecule has 0 N–H and O–H groups in total. The highest BCUT2D eigenvalue weighted by atomic mass is 35.5. The second kappa shape index (κ2) is 7.80. The van der Waals surface area contributed by atoms with Gasteiger partial charge in [0.25, 0.3) is 5.56 Å². The molecule has 1 aliphatic rings. The lowest BCUT2D eigenvalue weighted by Gasteiger charge is -2.29. The van der Waals surface area contributed by atoms with Gasteiger partial charge in [-0.2, -0.15) is 0 Å². The zero-order chi connectivity index (χ0) is 20.7. The van der Waals surface area contributed by atoms with Crippen LogP contribution in [0, 0.1) is 5.92 Å². The van der Waals surface area contributed by atoms with E-state index in [9.17, 15) is 9.59 Å². The van der Waals surface area contributed by atoms with E-state index in [4.69, 9.17) is 16.6 Å². The van der Waals surface area contributed by atoms with Gasteiger partial charge in [-0.15, -0.1) is 0 Å². The second-order valence-electron chi connectivity index (χ2n) is 8.08. The van der Waals surface area contributed by atoms with Crippen molar-refractivity contribution in [3.05, 3.63) is 61.5 Å². The smallest absolute Gasteiger partial charge is 0.317 e. The summed E-state index contributed by atoms with van der Waals surface area (Å²) < 4.78 is 4.56. The second-order valence-corrected chi connectivity index (χ2v) is 8.51. The van der Waals surface area contributed by atoms with E-state index >= 15 is 0 Å². The number of benzene rings is 1. The first-order chi connectivity index (χ1) is 13.8. The van der Waals surface area contributed by atoms with Gasteiger partial charge in [-0.3, -0.25) is 18.8 Å². The Labute approximate surface area is 174 Å². The van der Waals surface area contributed by atoms with Gasteiger partial charge in [0.2, 0.25) is 0 Å². The maximum Gasteiger partial charge on any atom is 0.332 e. The van der Waals surface area contributed by atoms with E-state index < -0.39 is 0 Å². The van der Waals surface area contributed by atoms with Gasteiger partial charge in [0.15, 0.2) is 11.2 Å². The van der Waals surface area contributed by atoms with Crippen LogP contribution in [-0.2, 0) is 27.2 Å². The standard InChI is InChI=1S/C21H26ClN5O2/c1-14-8-10-26(11-9-14)13-17-23-19-18(20(28)25(3)21(29)24(19)2)27(17)12-15-4-6-16(22)7-5-15/h4-7,14H,8-13H2,1-3H3. The number of imidazole rings is 1. The molecule has 0 unspecified atom stereocenters. The SMILES string of the molecule is CC1CCN(Cc2nc3c(c(=O)n(C)c(=O)n3C)n2Cc2ccc(Cl)cc2)CC1. The largest absolute Gasteiger partial charge is 0.332 e. The molecule has 29 heavy (non-hydrogen) atoms. The van der Waals surface area contributed by atoms with Crippen molar-refractivity contribution in [2.24, 2.45) is 20.0 Å². The van der Waals surface area contributed by atoms with Crippen LogP contribution in [0.15, 0.2) is 33.9 Å². The molecule has 2 aromatic heterocycles. The minimum atomic E-state index is -0.364. The van der Waals surface area contributed by atoms with Crippen molar-refractivity contribution < 1.29 is 0 Å². The lowest BCUT2D eigenvalue weighted by atomic mass is 9.99. The molecular formula is C21H26ClN5O2. The first-order valence-electron chi connectivity index (χ1n) is 9.97. The Morgan fingerprint density at radius 1 is 1.03 bits per heavy atom. The topological polar surface area (TPSA) is 65.1 Å². The summed E-state index contributed by atoms with van der Waals surface area (Å²) in [7, 11) is 3.17. The molecule has 1 saturated heterocycles. The van der Waals surface area contributed by atoms with Crippen molar-refractivity contribution >= 4 is 22.8 Å². The van der Waals surface area contributed by atoms with E-state index in [0.717, 1.165) is 47.8 Å². The van der Waals surface area contributed by atoms with E-state index in [2.05, 4.69) is 11.8 Å². The number of aryl methyl sites for hydroxylation is 1. The highest BCUT2D eigenvalue weighted by molar-refractivity contribution is 6.30. The molecule has 4 rings (SSSR count). The van der Waals surface area contributed by atoms with Crippen molar-refractivity contribution in [1.82, 2.24) is 23.6 Å². The van der Waals surface area contributed by atoms with Gasteiger partial charge in [-0.25, -0.2) is 9.78 Å². The number of nitrogens with zero attached hydrogens (tertiary/aromatic N) is 5. The molecule has 0 spiro atoms. The fraction of sp³-hybridized carbons (Fsp3) is 0.476. The number of piperidine rings is 1. The molecule has 0 saturated carbocycles. The molecule has 0 amide bonds. The molecular weight excluding hydrogens is 390 g/mol. The maximum absolute atomic E-state index is 13.0. The summed E-state index contributed by atoms with van der Waals surface area (Å²) in [5.41, 5.74) is 1.25. The van der Waals surface area contributed by atoms with E-state index in [0.29, 0.717) is 29.3 Å². The van der Waals surface area contributed by atoms with Crippen LogP contribution in [0.25, 0.3) is 11.2 Å². The lowest BCUT2D eigenvalue weighted by molar-refractivity contribution is 0.180. The average Bonchev–Trinajstić information content (AvgIpc) is 3.06. The Bertz CT molecular complexity index is 1150. The number of halogens is 1. The van der Waals surface area contributed by atoms with Gasteiger partial charge in [0.05, 0.1) is 6.54 Å². The molecule has 0 radical (unpaired) electrons. The molecule has 1 aliphatic heterocycles. The van der Waals surface area contributed by atoms with Crippen molar-refractivity contribution in [3.63, 3.8) is 0 Å². The maximum atomic E-state index is 13.0. The first kappa shape index (κ1) is 19.9. The summed E-state index contributed by atoms with van der Waals surface area (Å²) in [5.74, 6) is 1.55. The quantitative estimate of drug-likeness (QED) is 0.656. The van der Waals surface area contributed by atoms with E-state index in [1.807, 2.05) is 28.8 Å². The fourth-order valence-electron chi connectivity index (χ4n) is 3.98. The number of hydrogen-bond donors (Lipinski definition) is 0. The summed E-state index contributed by atoms with van der Waals surface area (Å²) >= 11 is 6.03. The van der Waals surface area contributed by atoms with Gasteiger partial charge in [-0.1, -0.05) is 30.7 Å². The Hall–Kier alpha value is -2.38. The van der Waals surface area contributed by atoms with Gasteiger partial charge in [-0.05, 0) is 49.5 Å². The van der Waals surface area contributed by atoms with Crippen LogP contribution in [0.3, 0.4) is 0 Å². The molecule has 7 nitrogen and oxygen atoms in total. The normalized spacial score (nSPS) is 16.0. The third-order valence-corrected chi connectivity index (χ3v) is 6.17. The van der Waals surface area contributed by atoms with Crippen LogP contribution in [0.1, 0.15) is 31.2 Å². The van der Waals surface area contributed by atoms with Crippen LogP contribution in [0.4, 0.5) is 0 Å². The minimum absolute atomic E-state index is 0.317. The van der Waals surface area contributed by atoms with Crippen molar-refractivity contribution in [3.8, 4) is 0 Å². The summed E-state index contributed by atoms with van der Waals surface area (Å²) in [6, 6.07) is 7.59. The first-order valence-corrected chi connectivity index (χ1v) is 10.3. The molecule has 0 aliphatic carbocycles. The van der Waals surface area contributed by atoms with Gasteiger partial charge >= 0.3 is 5.69 Å². The number of aromatic nitrogens is 4. The van der Waals surface area contributed by atoms with Gasteiger partial charge in [0, 0.05) is 25.7 Å². The molecule has 0 bridgehead atoms. The van der Waals surface area contributed by atoms with Crippen LogP contribution in [-0.4, -0.2) is 36.7 Å². The predicted octanol–water partition coefficient (Wildman–Crippen LogP) is 2.37. The summed E-state index contributed by atoms with van der Waals surface area (Å²) in [6.45, 7) is 5.48. The van der Waals surface area contributed by atoms with Crippen LogP contribution in [0.5, 0.6) is 0 Å². The fourth-order valence-corrected chi connectivity index (χ4v) is 4.10. The molecule has 1 aromatic carbocycles. The van der Waals surface area contributed by atoms with Crippen molar-refractivity contribution in [2.45, 2.75) is 32.9 Å². The van der Waals surface area contributed by atoms with Gasteiger partial charge in [0.1, 0.15) is 5.82 Å². The van der Waals surface area contributed by atoms with E-state index in [1.54, 1.807) is 7.05 Å². The van der Waals surface area contributed by atoms with E-state index in [-0.39, 0.29) is 11.2 Å². The minimum Gasteiger partial charge on any atom is -0.317 e. The highest BCUT2D eigenvalue weighted by Crippen LogP contribution is 2.21. The lowest BCUT2D eigenvalue weighted by Crippen LogP contribution is -2.37. The molecule has 1 fully saturated rings.